The highest BCUT2D eigenvalue weighted by atomic mass is 32.1. The van der Waals surface area contributed by atoms with Crippen molar-refractivity contribution in [3.8, 4) is 0 Å². The standard InChI is InChI=1S/C16H22N2O2S/c19-10-13(20)9-17-12-6-7-14-15(8-12)21-16(18-14)11-4-2-1-3-5-11/h6-8,11,13,17,19-20H,1-5,9-10H2. The molecule has 0 radical (unpaired) electrons. The van der Waals surface area contributed by atoms with Gasteiger partial charge < -0.3 is 15.5 Å². The average Bonchev–Trinajstić information content (AvgIpc) is 2.96. The van der Waals surface area contributed by atoms with E-state index in [2.05, 4.69) is 11.4 Å². The molecule has 1 aromatic carbocycles. The second-order valence-corrected chi connectivity index (χ2v) is 6.85. The third-order valence-electron chi connectivity index (χ3n) is 4.11. The van der Waals surface area contributed by atoms with Gasteiger partial charge in [0.05, 0.1) is 27.9 Å². The first kappa shape index (κ1) is 14.8. The topological polar surface area (TPSA) is 65.4 Å². The van der Waals surface area contributed by atoms with Gasteiger partial charge in [-0.05, 0) is 31.0 Å². The summed E-state index contributed by atoms with van der Waals surface area (Å²) >= 11 is 1.79. The summed E-state index contributed by atoms with van der Waals surface area (Å²) in [7, 11) is 0. The summed E-state index contributed by atoms with van der Waals surface area (Å²) in [6.07, 6.45) is 5.84. The molecule has 3 N–H and O–H groups in total. The van der Waals surface area contributed by atoms with Crippen molar-refractivity contribution in [2.75, 3.05) is 18.5 Å². The molecule has 5 heteroatoms. The Hall–Kier alpha value is -1.17. The third-order valence-corrected chi connectivity index (χ3v) is 5.29. The molecular weight excluding hydrogens is 284 g/mol. The van der Waals surface area contributed by atoms with E-state index in [0.717, 1.165) is 11.2 Å². The Labute approximate surface area is 128 Å². The van der Waals surface area contributed by atoms with E-state index in [4.69, 9.17) is 10.1 Å². The van der Waals surface area contributed by atoms with E-state index in [-0.39, 0.29) is 6.61 Å². The van der Waals surface area contributed by atoms with Crippen molar-refractivity contribution in [3.05, 3.63) is 23.2 Å². The maximum absolute atomic E-state index is 9.38. The van der Waals surface area contributed by atoms with Crippen LogP contribution in [0, 0.1) is 0 Å². The Balaban J connectivity index is 1.75. The Morgan fingerprint density at radius 3 is 2.86 bits per heavy atom. The van der Waals surface area contributed by atoms with Crippen LogP contribution in [0.1, 0.15) is 43.0 Å². The van der Waals surface area contributed by atoms with Crippen molar-refractivity contribution in [2.45, 2.75) is 44.1 Å². The highest BCUT2D eigenvalue weighted by Crippen LogP contribution is 2.37. The number of nitrogens with one attached hydrogen (secondary N) is 1. The molecule has 1 fully saturated rings. The molecule has 0 spiro atoms. The van der Waals surface area contributed by atoms with Gasteiger partial charge in [0.1, 0.15) is 0 Å². The SMILES string of the molecule is OCC(O)CNc1ccc2nc(C3CCCCC3)sc2c1. The zero-order valence-corrected chi connectivity index (χ0v) is 12.9. The summed E-state index contributed by atoms with van der Waals surface area (Å²) < 4.78 is 1.19. The van der Waals surface area contributed by atoms with Crippen molar-refractivity contribution >= 4 is 27.2 Å². The maximum atomic E-state index is 9.38. The van der Waals surface area contributed by atoms with E-state index in [1.807, 2.05) is 12.1 Å². The van der Waals surface area contributed by atoms with Crippen LogP contribution in [0.25, 0.3) is 10.2 Å². The Morgan fingerprint density at radius 2 is 2.10 bits per heavy atom. The van der Waals surface area contributed by atoms with E-state index >= 15 is 0 Å². The smallest absolute Gasteiger partial charge is 0.0969 e. The van der Waals surface area contributed by atoms with Gasteiger partial charge in [0.25, 0.3) is 0 Å². The highest BCUT2D eigenvalue weighted by molar-refractivity contribution is 7.18. The van der Waals surface area contributed by atoms with Crippen molar-refractivity contribution in [2.24, 2.45) is 0 Å². The minimum Gasteiger partial charge on any atom is -0.394 e. The second kappa shape index (κ2) is 6.73. The van der Waals surface area contributed by atoms with Crippen LogP contribution in [0.3, 0.4) is 0 Å². The number of hydrogen-bond donors (Lipinski definition) is 3. The lowest BCUT2D eigenvalue weighted by atomic mass is 9.90. The predicted octanol–water partition coefficient (Wildman–Crippen LogP) is 3.11. The number of hydrogen-bond acceptors (Lipinski definition) is 5. The van der Waals surface area contributed by atoms with Gasteiger partial charge in [-0.15, -0.1) is 11.3 Å². The van der Waals surface area contributed by atoms with E-state index in [1.54, 1.807) is 11.3 Å². The minimum atomic E-state index is -0.722. The maximum Gasteiger partial charge on any atom is 0.0969 e. The van der Waals surface area contributed by atoms with Crippen LogP contribution in [0.15, 0.2) is 18.2 Å². The fraction of sp³-hybridized carbons (Fsp3) is 0.562. The number of nitrogens with zero attached hydrogens (tertiary/aromatic N) is 1. The molecule has 1 saturated carbocycles. The van der Waals surface area contributed by atoms with Crippen LogP contribution < -0.4 is 5.32 Å². The van der Waals surface area contributed by atoms with Crippen molar-refractivity contribution in [1.82, 2.24) is 4.98 Å². The van der Waals surface area contributed by atoms with Crippen molar-refractivity contribution < 1.29 is 10.2 Å². The Bertz CT molecular complexity index is 593. The lowest BCUT2D eigenvalue weighted by Gasteiger charge is -2.18. The fourth-order valence-corrected chi connectivity index (χ4v) is 4.05. The molecule has 0 saturated heterocycles. The number of aliphatic hydroxyl groups is 2. The van der Waals surface area contributed by atoms with Crippen LogP contribution in [0.5, 0.6) is 0 Å². The first-order valence-electron chi connectivity index (χ1n) is 7.69. The molecule has 1 aliphatic rings. The summed E-state index contributed by atoms with van der Waals surface area (Å²) in [5.41, 5.74) is 2.03. The lowest BCUT2D eigenvalue weighted by molar-refractivity contribution is 0.105. The van der Waals surface area contributed by atoms with Gasteiger partial charge in [-0.2, -0.15) is 0 Å². The summed E-state index contributed by atoms with van der Waals surface area (Å²) in [6, 6.07) is 6.10. The zero-order chi connectivity index (χ0) is 14.7. The Morgan fingerprint density at radius 1 is 1.29 bits per heavy atom. The summed E-state index contributed by atoms with van der Waals surface area (Å²) in [6.45, 7) is 0.137. The monoisotopic (exact) mass is 306 g/mol. The predicted molar refractivity (Wildman–Crippen MR) is 87.0 cm³/mol. The first-order chi connectivity index (χ1) is 10.3. The normalized spacial score (nSPS) is 18.0. The average molecular weight is 306 g/mol. The van der Waals surface area contributed by atoms with E-state index < -0.39 is 6.10 Å². The zero-order valence-electron chi connectivity index (χ0n) is 12.1. The van der Waals surface area contributed by atoms with Crippen molar-refractivity contribution in [1.29, 1.82) is 0 Å². The molecule has 1 aromatic heterocycles. The molecule has 1 heterocycles. The number of aliphatic hydroxyl groups excluding tert-OH is 2. The number of thiazole rings is 1. The molecule has 4 nitrogen and oxygen atoms in total. The fourth-order valence-electron chi connectivity index (χ4n) is 2.88. The van der Waals surface area contributed by atoms with Crippen LogP contribution in [-0.2, 0) is 0 Å². The lowest BCUT2D eigenvalue weighted by Crippen LogP contribution is -2.22. The number of rotatable bonds is 5. The van der Waals surface area contributed by atoms with E-state index in [0.29, 0.717) is 12.5 Å². The number of fused-ring (bicyclic) bond motifs is 1. The summed E-state index contributed by atoms with van der Waals surface area (Å²) in [5.74, 6) is 0.642. The Kier molecular flexibility index (Phi) is 4.73. The van der Waals surface area contributed by atoms with E-state index in [9.17, 15) is 5.11 Å². The van der Waals surface area contributed by atoms with Gasteiger partial charge in [0, 0.05) is 18.2 Å². The molecular formula is C16H22N2O2S. The van der Waals surface area contributed by atoms with Crippen LogP contribution in [0.2, 0.25) is 0 Å². The molecule has 0 bridgehead atoms. The van der Waals surface area contributed by atoms with Gasteiger partial charge in [0.15, 0.2) is 0 Å². The molecule has 1 unspecified atom stereocenters. The number of aromatic nitrogens is 1. The third kappa shape index (κ3) is 3.54. The van der Waals surface area contributed by atoms with Gasteiger partial charge in [0.2, 0.25) is 0 Å². The highest BCUT2D eigenvalue weighted by Gasteiger charge is 2.19. The molecule has 2 aromatic rings. The van der Waals surface area contributed by atoms with Gasteiger partial charge in [-0.3, -0.25) is 0 Å². The van der Waals surface area contributed by atoms with Gasteiger partial charge in [-0.25, -0.2) is 4.98 Å². The number of anilines is 1. The van der Waals surface area contributed by atoms with E-state index in [1.165, 1.54) is 41.8 Å². The number of benzene rings is 1. The molecule has 3 rings (SSSR count). The molecule has 0 amide bonds. The van der Waals surface area contributed by atoms with Crippen molar-refractivity contribution in [3.63, 3.8) is 0 Å². The molecule has 1 aliphatic carbocycles. The molecule has 0 aliphatic heterocycles. The van der Waals surface area contributed by atoms with Crippen LogP contribution >= 0.6 is 11.3 Å². The van der Waals surface area contributed by atoms with Crippen LogP contribution in [0.4, 0.5) is 5.69 Å². The first-order valence-corrected chi connectivity index (χ1v) is 8.51. The molecule has 21 heavy (non-hydrogen) atoms. The van der Waals surface area contributed by atoms with Crippen LogP contribution in [-0.4, -0.2) is 34.5 Å². The quantitative estimate of drug-likeness (QED) is 0.794. The van der Waals surface area contributed by atoms with Gasteiger partial charge >= 0.3 is 0 Å². The molecule has 1 atom stereocenters. The van der Waals surface area contributed by atoms with Gasteiger partial charge in [-0.1, -0.05) is 19.3 Å². The minimum absolute atomic E-state index is 0.221. The second-order valence-electron chi connectivity index (χ2n) is 5.79. The summed E-state index contributed by atoms with van der Waals surface area (Å²) in [4.78, 5) is 4.79. The summed E-state index contributed by atoms with van der Waals surface area (Å²) in [5, 5.41) is 22.6. The molecule has 114 valence electrons. The largest absolute Gasteiger partial charge is 0.394 e.